The quantitative estimate of drug-likeness (QED) is 0.163. The first-order valence-electron chi connectivity index (χ1n) is 13.3. The Morgan fingerprint density at radius 3 is 2.70 bits per heavy atom. The first-order valence-corrected chi connectivity index (χ1v) is 14.1. The Bertz CT molecular complexity index is 1870. The maximum absolute atomic E-state index is 4.74. The van der Waals surface area contributed by atoms with Gasteiger partial charge in [-0.05, 0) is 67.0 Å². The summed E-state index contributed by atoms with van der Waals surface area (Å²) in [6.07, 6.45) is 9.82. The van der Waals surface area contributed by atoms with Crippen molar-refractivity contribution in [2.45, 2.75) is 20.4 Å². The molecule has 0 fully saturated rings. The van der Waals surface area contributed by atoms with Crippen molar-refractivity contribution in [3.05, 3.63) is 120 Å². The van der Waals surface area contributed by atoms with E-state index in [0.717, 1.165) is 56.7 Å². The molecule has 0 bridgehead atoms. The zero-order chi connectivity index (χ0) is 27.5. The molecule has 6 nitrogen and oxygen atoms in total. The number of pyridine rings is 2. The van der Waals surface area contributed by atoms with Crippen LogP contribution in [0, 0.1) is 6.92 Å². The summed E-state index contributed by atoms with van der Waals surface area (Å²) in [5.74, 6) is 0. The van der Waals surface area contributed by atoms with Crippen molar-refractivity contribution in [1.29, 1.82) is 0 Å². The van der Waals surface area contributed by atoms with Gasteiger partial charge in [0.05, 0.1) is 23.1 Å². The van der Waals surface area contributed by atoms with Gasteiger partial charge in [-0.2, -0.15) is 5.10 Å². The molecule has 1 aromatic carbocycles. The van der Waals surface area contributed by atoms with E-state index >= 15 is 0 Å². The average Bonchev–Trinajstić information content (AvgIpc) is 3.72. The fourth-order valence-corrected chi connectivity index (χ4v) is 5.77. The minimum absolute atomic E-state index is 0.711. The summed E-state index contributed by atoms with van der Waals surface area (Å²) in [7, 11) is 0. The number of hydrogen-bond acceptors (Lipinski definition) is 5. The number of fused-ring (bicyclic) bond motifs is 2. The SMILES string of the molecule is C=C/C(=C\C(=C/C)c1cc2c(-c3cc4c(-c5ccc(C)s5)ccnc4[nH]3)n[nH]c2cn1)CNCc1ccccc1. The Kier molecular flexibility index (Phi) is 7.23. The summed E-state index contributed by atoms with van der Waals surface area (Å²) in [6, 6.07) is 21.0. The van der Waals surface area contributed by atoms with Crippen LogP contribution in [0.4, 0.5) is 0 Å². The Labute approximate surface area is 237 Å². The number of benzene rings is 1. The Hall–Kier alpha value is -4.59. The first kappa shape index (κ1) is 25.7. The molecule has 0 atom stereocenters. The van der Waals surface area contributed by atoms with Gasteiger partial charge >= 0.3 is 0 Å². The third kappa shape index (κ3) is 5.17. The average molecular weight is 543 g/mol. The highest BCUT2D eigenvalue weighted by molar-refractivity contribution is 7.15. The Morgan fingerprint density at radius 1 is 1.05 bits per heavy atom. The van der Waals surface area contributed by atoms with Crippen molar-refractivity contribution in [2.75, 3.05) is 6.54 Å². The number of nitrogens with one attached hydrogen (secondary N) is 3. The molecule has 0 unspecified atom stereocenters. The summed E-state index contributed by atoms with van der Waals surface area (Å²) in [5, 5.41) is 13.4. The molecule has 3 N–H and O–H groups in total. The van der Waals surface area contributed by atoms with Gasteiger partial charge in [0, 0.05) is 45.4 Å². The molecule has 0 radical (unpaired) electrons. The first-order chi connectivity index (χ1) is 19.6. The molecule has 40 heavy (non-hydrogen) atoms. The summed E-state index contributed by atoms with van der Waals surface area (Å²) < 4.78 is 0. The number of H-pyrrole nitrogens is 2. The van der Waals surface area contributed by atoms with E-state index in [9.17, 15) is 0 Å². The number of aromatic nitrogens is 5. The van der Waals surface area contributed by atoms with Gasteiger partial charge in [0.15, 0.2) is 0 Å². The van der Waals surface area contributed by atoms with Crippen LogP contribution >= 0.6 is 11.3 Å². The predicted octanol–water partition coefficient (Wildman–Crippen LogP) is 7.84. The van der Waals surface area contributed by atoms with Crippen LogP contribution in [0.1, 0.15) is 23.1 Å². The van der Waals surface area contributed by atoms with Gasteiger partial charge in [-0.15, -0.1) is 11.3 Å². The molecule has 7 heteroatoms. The van der Waals surface area contributed by atoms with Crippen molar-refractivity contribution in [3.63, 3.8) is 0 Å². The normalized spacial score (nSPS) is 12.4. The largest absolute Gasteiger partial charge is 0.338 e. The van der Waals surface area contributed by atoms with Crippen LogP contribution in [0.2, 0.25) is 0 Å². The number of aromatic amines is 2. The van der Waals surface area contributed by atoms with E-state index in [1.54, 1.807) is 11.3 Å². The molecule has 0 saturated heterocycles. The Morgan fingerprint density at radius 2 is 1.93 bits per heavy atom. The number of aryl methyl sites for hydroxylation is 1. The molecule has 0 amide bonds. The van der Waals surface area contributed by atoms with Crippen molar-refractivity contribution in [2.24, 2.45) is 0 Å². The van der Waals surface area contributed by atoms with Gasteiger partial charge in [0.1, 0.15) is 11.3 Å². The minimum atomic E-state index is 0.711. The summed E-state index contributed by atoms with van der Waals surface area (Å²) in [5.41, 5.74) is 8.92. The lowest BCUT2D eigenvalue weighted by molar-refractivity contribution is 0.747. The second kappa shape index (κ2) is 11.3. The monoisotopic (exact) mass is 542 g/mol. The maximum Gasteiger partial charge on any atom is 0.138 e. The second-order valence-corrected chi connectivity index (χ2v) is 10.9. The number of allylic oxidation sites excluding steroid dienone is 3. The van der Waals surface area contributed by atoms with E-state index in [2.05, 4.69) is 106 Å². The smallest absolute Gasteiger partial charge is 0.138 e. The zero-order valence-electron chi connectivity index (χ0n) is 22.5. The molecule has 0 aliphatic carbocycles. The zero-order valence-corrected chi connectivity index (χ0v) is 23.3. The van der Waals surface area contributed by atoms with Crippen molar-refractivity contribution in [3.8, 4) is 21.8 Å². The van der Waals surface area contributed by atoms with E-state index < -0.39 is 0 Å². The predicted molar refractivity (Wildman–Crippen MR) is 167 cm³/mol. The van der Waals surface area contributed by atoms with E-state index in [1.165, 1.54) is 20.9 Å². The molecule has 5 heterocycles. The van der Waals surface area contributed by atoms with Crippen LogP contribution in [0.25, 0.3) is 49.3 Å². The van der Waals surface area contributed by atoms with E-state index in [4.69, 9.17) is 4.98 Å². The lowest BCUT2D eigenvalue weighted by atomic mass is 10.0. The molecule has 198 valence electrons. The molecule has 0 aliphatic rings. The molecule has 6 aromatic rings. The minimum Gasteiger partial charge on any atom is -0.338 e. The van der Waals surface area contributed by atoms with Gasteiger partial charge < -0.3 is 10.3 Å². The van der Waals surface area contributed by atoms with Gasteiger partial charge in [-0.1, -0.05) is 49.1 Å². The fraction of sp³-hybridized carbons (Fsp3) is 0.121. The van der Waals surface area contributed by atoms with Gasteiger partial charge in [0.25, 0.3) is 0 Å². The second-order valence-electron chi connectivity index (χ2n) is 9.66. The van der Waals surface area contributed by atoms with E-state index in [0.29, 0.717) is 6.54 Å². The van der Waals surface area contributed by atoms with Crippen LogP contribution in [0.5, 0.6) is 0 Å². The molecular formula is C33H30N6S. The lowest BCUT2D eigenvalue weighted by Crippen LogP contribution is -2.16. The topological polar surface area (TPSA) is 82.3 Å². The molecule has 0 spiro atoms. The highest BCUT2D eigenvalue weighted by Gasteiger charge is 2.16. The van der Waals surface area contributed by atoms with Gasteiger partial charge in [-0.25, -0.2) is 4.98 Å². The van der Waals surface area contributed by atoms with Crippen LogP contribution < -0.4 is 5.32 Å². The summed E-state index contributed by atoms with van der Waals surface area (Å²) in [4.78, 5) is 15.3. The van der Waals surface area contributed by atoms with Gasteiger partial charge in [-0.3, -0.25) is 10.1 Å². The van der Waals surface area contributed by atoms with Crippen LogP contribution in [0.15, 0.2) is 103 Å². The molecule has 0 aliphatic heterocycles. The maximum atomic E-state index is 4.74. The van der Waals surface area contributed by atoms with E-state index in [-0.39, 0.29) is 0 Å². The third-order valence-electron chi connectivity index (χ3n) is 6.95. The number of nitrogens with zero attached hydrogens (tertiary/aromatic N) is 3. The highest BCUT2D eigenvalue weighted by Crippen LogP contribution is 2.36. The number of rotatable bonds is 9. The van der Waals surface area contributed by atoms with Crippen LogP contribution in [-0.2, 0) is 6.54 Å². The fourth-order valence-electron chi connectivity index (χ4n) is 4.86. The summed E-state index contributed by atoms with van der Waals surface area (Å²) >= 11 is 1.79. The molecule has 5 aromatic heterocycles. The number of hydrogen-bond donors (Lipinski definition) is 3. The van der Waals surface area contributed by atoms with Crippen molar-refractivity contribution >= 4 is 38.8 Å². The molecule has 6 rings (SSSR count). The van der Waals surface area contributed by atoms with Crippen molar-refractivity contribution < 1.29 is 0 Å². The molecule has 0 saturated carbocycles. The third-order valence-corrected chi connectivity index (χ3v) is 7.98. The van der Waals surface area contributed by atoms with E-state index in [1.807, 2.05) is 31.5 Å². The Balaban J connectivity index is 1.30. The molecular weight excluding hydrogens is 512 g/mol. The summed E-state index contributed by atoms with van der Waals surface area (Å²) in [6.45, 7) is 9.70. The number of thiophene rings is 1. The van der Waals surface area contributed by atoms with Crippen molar-refractivity contribution in [1.82, 2.24) is 30.5 Å². The highest BCUT2D eigenvalue weighted by atomic mass is 32.1. The standard InChI is InChI=1S/C33H30N6S/c1-4-22(18-34-19-23-9-7-6-8-10-23)15-24(5-2)28-17-27-30(20-36-28)38-39-32(27)29-16-26-25(13-14-35-33(26)37-29)31-12-11-21(3)40-31/h4-17,20,34H,1,18-19H2,2-3H3,(H,35,37)(H,38,39)/b22-15+,24-5+. The lowest BCUT2D eigenvalue weighted by Gasteiger charge is -2.08. The van der Waals surface area contributed by atoms with Crippen LogP contribution in [-0.4, -0.2) is 31.7 Å². The van der Waals surface area contributed by atoms with Crippen LogP contribution in [0.3, 0.4) is 0 Å². The van der Waals surface area contributed by atoms with Gasteiger partial charge in [0.2, 0.25) is 0 Å².